The van der Waals surface area contributed by atoms with Gasteiger partial charge in [-0.05, 0) is 49.1 Å². The second kappa shape index (κ2) is 7.52. The SMILES string of the molecule is Cc1ccc(C(=O)CC2(O)C(=O)N(Cc3cccs3)c3ccc(Br)cc32)c(C)c1. The van der Waals surface area contributed by atoms with Gasteiger partial charge in [0.25, 0.3) is 5.91 Å². The van der Waals surface area contributed by atoms with Crippen molar-refractivity contribution in [3.05, 3.63) is 85.5 Å². The van der Waals surface area contributed by atoms with E-state index < -0.39 is 11.5 Å². The van der Waals surface area contributed by atoms with E-state index in [4.69, 9.17) is 0 Å². The van der Waals surface area contributed by atoms with Crippen LogP contribution in [0.5, 0.6) is 0 Å². The van der Waals surface area contributed by atoms with E-state index >= 15 is 0 Å². The van der Waals surface area contributed by atoms with Gasteiger partial charge in [0.2, 0.25) is 0 Å². The van der Waals surface area contributed by atoms with E-state index in [-0.39, 0.29) is 12.2 Å². The lowest BCUT2D eigenvalue weighted by atomic mass is 9.87. The molecule has 29 heavy (non-hydrogen) atoms. The second-order valence-electron chi connectivity index (χ2n) is 7.41. The molecule has 4 rings (SSSR count). The Morgan fingerprint density at radius 1 is 1.17 bits per heavy atom. The summed E-state index contributed by atoms with van der Waals surface area (Å²) < 4.78 is 0.749. The molecule has 1 N–H and O–H groups in total. The number of Topliss-reactive ketones (excluding diaryl/α,β-unsaturated/α-hetero) is 1. The number of hydrogen-bond acceptors (Lipinski definition) is 4. The molecule has 0 aliphatic carbocycles. The maximum absolute atomic E-state index is 13.3. The lowest BCUT2D eigenvalue weighted by molar-refractivity contribution is -0.136. The number of ketones is 1. The largest absolute Gasteiger partial charge is 0.375 e. The van der Waals surface area contributed by atoms with Gasteiger partial charge in [0.1, 0.15) is 0 Å². The molecule has 2 aromatic carbocycles. The molecule has 6 heteroatoms. The smallest absolute Gasteiger partial charge is 0.264 e. The van der Waals surface area contributed by atoms with Crippen LogP contribution in [0.4, 0.5) is 5.69 Å². The Labute approximate surface area is 181 Å². The van der Waals surface area contributed by atoms with E-state index in [9.17, 15) is 14.7 Å². The molecule has 0 saturated heterocycles. The summed E-state index contributed by atoms with van der Waals surface area (Å²) in [6.45, 7) is 4.20. The Kier molecular flexibility index (Phi) is 5.19. The van der Waals surface area contributed by atoms with Crippen LogP contribution in [0.3, 0.4) is 0 Å². The van der Waals surface area contributed by atoms with Crippen molar-refractivity contribution < 1.29 is 14.7 Å². The Bertz CT molecular complexity index is 1110. The molecule has 0 fully saturated rings. The first-order valence-electron chi connectivity index (χ1n) is 9.27. The number of benzene rings is 2. The monoisotopic (exact) mass is 469 g/mol. The first-order chi connectivity index (χ1) is 13.8. The number of fused-ring (bicyclic) bond motifs is 1. The van der Waals surface area contributed by atoms with Gasteiger partial charge in [0.15, 0.2) is 11.4 Å². The average Bonchev–Trinajstić information content (AvgIpc) is 3.24. The highest BCUT2D eigenvalue weighted by molar-refractivity contribution is 9.10. The summed E-state index contributed by atoms with van der Waals surface area (Å²) in [6.07, 6.45) is -0.292. The normalized spacial score (nSPS) is 18.2. The lowest BCUT2D eigenvalue weighted by Crippen LogP contribution is -2.41. The maximum atomic E-state index is 13.3. The van der Waals surface area contributed by atoms with Gasteiger partial charge in [-0.25, -0.2) is 0 Å². The zero-order chi connectivity index (χ0) is 20.8. The number of amides is 1. The van der Waals surface area contributed by atoms with E-state index in [0.717, 1.165) is 20.5 Å². The molecule has 4 nitrogen and oxygen atoms in total. The van der Waals surface area contributed by atoms with E-state index in [2.05, 4.69) is 15.9 Å². The van der Waals surface area contributed by atoms with Crippen molar-refractivity contribution in [1.82, 2.24) is 0 Å². The highest BCUT2D eigenvalue weighted by Crippen LogP contribution is 2.45. The number of thiophene rings is 1. The molecular formula is C23H20BrNO3S. The summed E-state index contributed by atoms with van der Waals surface area (Å²) in [5.74, 6) is -0.709. The van der Waals surface area contributed by atoms with Crippen LogP contribution >= 0.6 is 27.3 Å². The quantitative estimate of drug-likeness (QED) is 0.526. The fourth-order valence-electron chi connectivity index (χ4n) is 3.86. The molecule has 148 valence electrons. The summed E-state index contributed by atoms with van der Waals surface area (Å²) in [4.78, 5) is 29.0. The summed E-state index contributed by atoms with van der Waals surface area (Å²) in [6, 6.07) is 14.8. The van der Waals surface area contributed by atoms with E-state index in [1.165, 1.54) is 0 Å². The van der Waals surface area contributed by atoms with Crippen LogP contribution in [-0.4, -0.2) is 16.8 Å². The zero-order valence-corrected chi connectivity index (χ0v) is 18.5. The minimum absolute atomic E-state index is 0.248. The minimum Gasteiger partial charge on any atom is -0.375 e. The van der Waals surface area contributed by atoms with Crippen LogP contribution in [0.2, 0.25) is 0 Å². The molecule has 0 radical (unpaired) electrons. The summed E-state index contributed by atoms with van der Waals surface area (Å²) in [7, 11) is 0. The average molecular weight is 470 g/mol. The molecule has 0 bridgehead atoms. The predicted octanol–water partition coefficient (Wildman–Crippen LogP) is 5.13. The molecule has 2 heterocycles. The van der Waals surface area contributed by atoms with Crippen LogP contribution in [-0.2, 0) is 16.9 Å². The van der Waals surface area contributed by atoms with Crippen LogP contribution in [0, 0.1) is 13.8 Å². The number of nitrogens with zero attached hydrogens (tertiary/aromatic N) is 1. The summed E-state index contributed by atoms with van der Waals surface area (Å²) in [5.41, 5.74) is 1.66. The second-order valence-corrected chi connectivity index (χ2v) is 9.36. The maximum Gasteiger partial charge on any atom is 0.264 e. The molecule has 1 atom stereocenters. The molecule has 0 saturated carbocycles. The predicted molar refractivity (Wildman–Crippen MR) is 118 cm³/mol. The zero-order valence-electron chi connectivity index (χ0n) is 16.1. The summed E-state index contributed by atoms with van der Waals surface area (Å²) >= 11 is 4.98. The lowest BCUT2D eigenvalue weighted by Gasteiger charge is -2.23. The van der Waals surface area contributed by atoms with Gasteiger partial charge in [-0.3, -0.25) is 9.59 Å². The number of hydrogen-bond donors (Lipinski definition) is 1. The Morgan fingerprint density at radius 3 is 2.66 bits per heavy atom. The third-order valence-electron chi connectivity index (χ3n) is 5.29. The van der Waals surface area contributed by atoms with Gasteiger partial charge in [-0.15, -0.1) is 11.3 Å². The fraction of sp³-hybridized carbons (Fsp3) is 0.217. The van der Waals surface area contributed by atoms with Crippen molar-refractivity contribution >= 4 is 44.6 Å². The molecule has 1 aliphatic rings. The molecule has 1 aromatic heterocycles. The van der Waals surface area contributed by atoms with Crippen LogP contribution in [0.25, 0.3) is 0 Å². The number of carbonyl (C=O) groups is 2. The standard InChI is InChI=1S/C23H20BrNO3S/c1-14-5-7-18(15(2)10-14)21(26)12-23(28)19-11-16(24)6-8-20(19)25(22(23)27)13-17-4-3-9-29-17/h3-11,28H,12-13H2,1-2H3. The molecule has 1 aliphatic heterocycles. The van der Waals surface area contributed by atoms with Crippen LogP contribution < -0.4 is 4.90 Å². The number of aliphatic hydroxyl groups is 1. The van der Waals surface area contributed by atoms with Gasteiger partial charge in [-0.1, -0.05) is 45.8 Å². The molecule has 1 unspecified atom stereocenters. The molecule has 1 amide bonds. The molecule has 3 aromatic rings. The van der Waals surface area contributed by atoms with Crippen LogP contribution in [0.15, 0.2) is 58.4 Å². The third-order valence-corrected chi connectivity index (χ3v) is 6.64. The first kappa shape index (κ1) is 20.0. The van der Waals surface area contributed by atoms with E-state index in [0.29, 0.717) is 23.4 Å². The third kappa shape index (κ3) is 3.56. The van der Waals surface area contributed by atoms with Crippen molar-refractivity contribution in [2.45, 2.75) is 32.4 Å². The van der Waals surface area contributed by atoms with Crippen molar-refractivity contribution in [2.24, 2.45) is 0 Å². The van der Waals surface area contributed by atoms with Crippen molar-refractivity contribution in [1.29, 1.82) is 0 Å². The highest BCUT2D eigenvalue weighted by atomic mass is 79.9. The number of carbonyl (C=O) groups excluding carboxylic acids is 2. The number of aryl methyl sites for hydroxylation is 2. The van der Waals surface area contributed by atoms with Gasteiger partial charge in [0.05, 0.1) is 18.7 Å². The highest BCUT2D eigenvalue weighted by Gasteiger charge is 2.51. The van der Waals surface area contributed by atoms with Gasteiger partial charge < -0.3 is 10.0 Å². The van der Waals surface area contributed by atoms with Crippen LogP contribution in [0.1, 0.15) is 38.3 Å². The minimum atomic E-state index is -1.88. The summed E-state index contributed by atoms with van der Waals surface area (Å²) in [5, 5.41) is 13.4. The first-order valence-corrected chi connectivity index (χ1v) is 10.9. The Hall–Kier alpha value is -2.28. The molecular weight excluding hydrogens is 450 g/mol. The van der Waals surface area contributed by atoms with Crippen molar-refractivity contribution in [3.8, 4) is 0 Å². The van der Waals surface area contributed by atoms with Gasteiger partial charge in [0, 0.05) is 20.5 Å². The number of halogens is 1. The fourth-order valence-corrected chi connectivity index (χ4v) is 4.92. The van der Waals surface area contributed by atoms with Crippen molar-refractivity contribution in [2.75, 3.05) is 4.90 Å². The Morgan fingerprint density at radius 2 is 1.97 bits per heavy atom. The number of rotatable bonds is 5. The Balaban J connectivity index is 1.72. The van der Waals surface area contributed by atoms with E-state index in [1.807, 2.05) is 55.6 Å². The van der Waals surface area contributed by atoms with Gasteiger partial charge in [-0.2, -0.15) is 0 Å². The molecule has 0 spiro atoms. The van der Waals surface area contributed by atoms with Gasteiger partial charge >= 0.3 is 0 Å². The van der Waals surface area contributed by atoms with Crippen molar-refractivity contribution in [3.63, 3.8) is 0 Å². The number of anilines is 1. The van der Waals surface area contributed by atoms with E-state index in [1.54, 1.807) is 28.4 Å². The topological polar surface area (TPSA) is 57.6 Å².